The Labute approximate surface area is 141 Å². The van der Waals surface area contributed by atoms with Crippen LogP contribution in [-0.4, -0.2) is 32.2 Å². The third-order valence-electron chi connectivity index (χ3n) is 2.85. The van der Waals surface area contributed by atoms with Gasteiger partial charge in [0.05, 0.1) is 12.4 Å². The first-order chi connectivity index (χ1) is 11.7. The number of aromatic nitrogens is 4. The van der Waals surface area contributed by atoms with Crippen molar-refractivity contribution >= 4 is 23.7 Å². The molecule has 0 saturated heterocycles. The molecule has 2 heterocycles. The Morgan fingerprint density at radius 2 is 2.12 bits per heavy atom. The summed E-state index contributed by atoms with van der Waals surface area (Å²) in [5, 5.41) is 8.24. The first-order valence-corrected chi connectivity index (χ1v) is 7.25. The summed E-state index contributed by atoms with van der Waals surface area (Å²) in [6.45, 7) is 0. The molecular weight excluding hydrogens is 332 g/mol. The summed E-state index contributed by atoms with van der Waals surface area (Å²) in [6, 6.07) is 7.03. The monoisotopic (exact) mass is 342 g/mol. The summed E-state index contributed by atoms with van der Waals surface area (Å²) in [5.74, 6) is 0.0555. The fourth-order valence-corrected chi connectivity index (χ4v) is 1.88. The van der Waals surface area contributed by atoms with Crippen molar-refractivity contribution in [2.45, 2.75) is 6.42 Å². The molecule has 0 aliphatic heterocycles. The molecule has 0 fully saturated rings. The zero-order chi connectivity index (χ0) is 16.8. The maximum Gasteiger partial charge on any atom is 0.249 e. The van der Waals surface area contributed by atoms with E-state index in [1.54, 1.807) is 24.3 Å². The second-order valence-electron chi connectivity index (χ2n) is 4.62. The fraction of sp³-hybridized carbons (Fsp3) is 0.0667. The summed E-state index contributed by atoms with van der Waals surface area (Å²) in [4.78, 5) is 23.9. The Morgan fingerprint density at radius 1 is 1.29 bits per heavy atom. The fourth-order valence-electron chi connectivity index (χ4n) is 1.75. The first kappa shape index (κ1) is 15.8. The Kier molecular flexibility index (Phi) is 4.87. The van der Waals surface area contributed by atoms with Crippen molar-refractivity contribution in [1.29, 1.82) is 0 Å². The predicted molar refractivity (Wildman–Crippen MR) is 86.2 cm³/mol. The van der Waals surface area contributed by atoms with Crippen molar-refractivity contribution in [3.05, 3.63) is 59.3 Å². The molecule has 0 radical (unpaired) electrons. The summed E-state index contributed by atoms with van der Waals surface area (Å²) >= 11 is 5.79. The molecule has 0 unspecified atom stereocenters. The van der Waals surface area contributed by atoms with Crippen LogP contribution < -0.4 is 5.43 Å². The van der Waals surface area contributed by atoms with Crippen LogP contribution in [-0.2, 0) is 11.2 Å². The number of benzene rings is 1. The molecule has 0 atom stereocenters. The summed E-state index contributed by atoms with van der Waals surface area (Å²) in [5.41, 5.74) is 3.66. The molecule has 0 aliphatic carbocycles. The van der Waals surface area contributed by atoms with E-state index in [1.165, 1.54) is 24.8 Å². The van der Waals surface area contributed by atoms with Crippen molar-refractivity contribution in [2.75, 3.05) is 0 Å². The molecule has 2 aromatic heterocycles. The predicted octanol–water partition coefficient (Wildman–Crippen LogP) is 1.87. The highest BCUT2D eigenvalue weighted by Gasteiger charge is 2.12. The highest BCUT2D eigenvalue weighted by atomic mass is 35.5. The molecule has 0 spiro atoms. The summed E-state index contributed by atoms with van der Waals surface area (Å²) < 4.78 is 5.01. The molecule has 1 N–H and O–H groups in total. The van der Waals surface area contributed by atoms with Crippen LogP contribution in [0.25, 0.3) is 11.5 Å². The van der Waals surface area contributed by atoms with E-state index < -0.39 is 0 Å². The topological polar surface area (TPSA) is 106 Å². The number of hydrogen-bond acceptors (Lipinski definition) is 7. The van der Waals surface area contributed by atoms with Crippen molar-refractivity contribution in [3.63, 3.8) is 0 Å². The maximum absolute atomic E-state index is 11.8. The smallest absolute Gasteiger partial charge is 0.249 e. The number of carbonyl (C=O) groups excluding carboxylic acids is 1. The number of hydrogen-bond donors (Lipinski definition) is 1. The van der Waals surface area contributed by atoms with Gasteiger partial charge in [-0.05, 0) is 17.7 Å². The molecule has 24 heavy (non-hydrogen) atoms. The molecule has 0 bridgehead atoms. The number of hydrazone groups is 1. The molecule has 1 aromatic carbocycles. The molecule has 120 valence electrons. The average molecular weight is 343 g/mol. The van der Waals surface area contributed by atoms with E-state index in [1.807, 2.05) is 0 Å². The number of nitrogens with one attached hydrogen (secondary N) is 1. The summed E-state index contributed by atoms with van der Waals surface area (Å²) in [6.07, 6.45) is 5.98. The van der Waals surface area contributed by atoms with Crippen LogP contribution in [0.15, 0.2) is 52.5 Å². The minimum Gasteiger partial charge on any atom is -0.338 e. The van der Waals surface area contributed by atoms with Gasteiger partial charge in [-0.25, -0.2) is 10.4 Å². The minimum absolute atomic E-state index is 0.0920. The van der Waals surface area contributed by atoms with Gasteiger partial charge >= 0.3 is 0 Å². The van der Waals surface area contributed by atoms with Crippen LogP contribution >= 0.6 is 11.6 Å². The summed E-state index contributed by atoms with van der Waals surface area (Å²) in [7, 11) is 0. The number of amides is 1. The Balaban J connectivity index is 1.55. The highest BCUT2D eigenvalue weighted by Crippen LogP contribution is 2.11. The van der Waals surface area contributed by atoms with E-state index in [4.69, 9.17) is 16.1 Å². The second kappa shape index (κ2) is 7.42. The van der Waals surface area contributed by atoms with Crippen LogP contribution in [0.5, 0.6) is 0 Å². The van der Waals surface area contributed by atoms with Crippen LogP contribution in [0, 0.1) is 0 Å². The van der Waals surface area contributed by atoms with Crippen molar-refractivity contribution in [3.8, 4) is 11.5 Å². The second-order valence-corrected chi connectivity index (χ2v) is 5.06. The van der Waals surface area contributed by atoms with E-state index in [9.17, 15) is 4.79 Å². The Hall–Kier alpha value is -3.13. The lowest BCUT2D eigenvalue weighted by Gasteiger charge is -1.96. The van der Waals surface area contributed by atoms with Crippen LogP contribution in [0.2, 0.25) is 5.02 Å². The standard InChI is InChI=1S/C15H11ClN6O2/c16-11-3-1-10(2-4-11)8-19-21-13(23)7-14-20-15(22-24-14)12-9-17-5-6-18-12/h1-6,8-9H,7H2,(H,21,23)/b19-8-. The average Bonchev–Trinajstić information content (AvgIpc) is 3.06. The third kappa shape index (κ3) is 4.20. The number of carbonyl (C=O) groups is 1. The molecule has 0 aliphatic rings. The van der Waals surface area contributed by atoms with Gasteiger partial charge in [0.1, 0.15) is 12.1 Å². The lowest BCUT2D eigenvalue weighted by atomic mass is 10.2. The minimum atomic E-state index is -0.380. The first-order valence-electron chi connectivity index (χ1n) is 6.87. The van der Waals surface area contributed by atoms with Gasteiger partial charge in [0, 0.05) is 17.4 Å². The molecule has 3 rings (SSSR count). The van der Waals surface area contributed by atoms with Gasteiger partial charge in [-0.3, -0.25) is 9.78 Å². The molecule has 1 amide bonds. The number of halogens is 1. The van der Waals surface area contributed by atoms with E-state index >= 15 is 0 Å². The number of nitrogens with zero attached hydrogens (tertiary/aromatic N) is 5. The van der Waals surface area contributed by atoms with Gasteiger partial charge in [-0.15, -0.1) is 0 Å². The lowest BCUT2D eigenvalue weighted by molar-refractivity contribution is -0.120. The van der Waals surface area contributed by atoms with Crippen molar-refractivity contribution in [1.82, 2.24) is 25.5 Å². The lowest BCUT2D eigenvalue weighted by Crippen LogP contribution is -2.19. The quantitative estimate of drug-likeness (QED) is 0.560. The van der Waals surface area contributed by atoms with Gasteiger partial charge in [0.2, 0.25) is 17.6 Å². The molecule has 0 saturated carbocycles. The Morgan fingerprint density at radius 3 is 2.88 bits per heavy atom. The number of rotatable bonds is 5. The zero-order valence-corrected chi connectivity index (χ0v) is 13.0. The van der Waals surface area contributed by atoms with E-state index in [0.717, 1.165) is 5.56 Å². The van der Waals surface area contributed by atoms with Crippen molar-refractivity contribution in [2.24, 2.45) is 5.10 Å². The van der Waals surface area contributed by atoms with Crippen LogP contribution in [0.4, 0.5) is 0 Å². The van der Waals surface area contributed by atoms with Gasteiger partial charge in [0.25, 0.3) is 0 Å². The molecular formula is C15H11ClN6O2. The van der Waals surface area contributed by atoms with Gasteiger partial charge in [-0.1, -0.05) is 28.9 Å². The van der Waals surface area contributed by atoms with E-state index in [0.29, 0.717) is 10.7 Å². The highest BCUT2D eigenvalue weighted by molar-refractivity contribution is 6.30. The Bertz CT molecular complexity index is 848. The molecule has 8 nitrogen and oxygen atoms in total. The third-order valence-corrected chi connectivity index (χ3v) is 3.10. The maximum atomic E-state index is 11.8. The van der Waals surface area contributed by atoms with Gasteiger partial charge in [0.15, 0.2) is 0 Å². The van der Waals surface area contributed by atoms with E-state index in [-0.39, 0.29) is 24.0 Å². The molecule has 9 heteroatoms. The van der Waals surface area contributed by atoms with Gasteiger partial charge in [-0.2, -0.15) is 10.1 Å². The van der Waals surface area contributed by atoms with Crippen LogP contribution in [0.3, 0.4) is 0 Å². The van der Waals surface area contributed by atoms with Crippen molar-refractivity contribution < 1.29 is 9.32 Å². The zero-order valence-electron chi connectivity index (χ0n) is 12.3. The SMILES string of the molecule is O=C(Cc1nc(-c2cnccn2)no1)N/N=C\c1ccc(Cl)cc1. The largest absolute Gasteiger partial charge is 0.338 e. The van der Waals surface area contributed by atoms with Gasteiger partial charge < -0.3 is 4.52 Å². The van der Waals surface area contributed by atoms with Crippen LogP contribution in [0.1, 0.15) is 11.5 Å². The normalized spacial score (nSPS) is 10.9. The molecule has 3 aromatic rings. The van der Waals surface area contributed by atoms with E-state index in [2.05, 4.69) is 30.6 Å².